The zero-order chi connectivity index (χ0) is 9.97. The number of hydrogen-bond donors (Lipinski definition) is 0. The zero-order valence-corrected chi connectivity index (χ0v) is 8.00. The Morgan fingerprint density at radius 3 is 3.14 bits per heavy atom. The molecule has 1 saturated heterocycles. The highest BCUT2D eigenvalue weighted by Gasteiger charge is 2.17. The van der Waals surface area contributed by atoms with Crippen molar-refractivity contribution < 1.29 is 13.9 Å². The van der Waals surface area contributed by atoms with Gasteiger partial charge in [-0.2, -0.15) is 0 Å². The minimum Gasteiger partial charge on any atom is -0.472 e. The monoisotopic (exact) mass is 197 g/mol. The van der Waals surface area contributed by atoms with Crippen molar-refractivity contribution in [1.29, 1.82) is 0 Å². The van der Waals surface area contributed by atoms with Crippen molar-refractivity contribution in [2.75, 3.05) is 13.2 Å². The molecule has 14 heavy (non-hydrogen) atoms. The highest BCUT2D eigenvalue weighted by atomic mass is 19.1. The molecule has 4 heteroatoms. The second kappa shape index (κ2) is 3.92. The van der Waals surface area contributed by atoms with E-state index in [-0.39, 0.29) is 11.9 Å². The fourth-order valence-electron chi connectivity index (χ4n) is 1.35. The van der Waals surface area contributed by atoms with Crippen LogP contribution in [0.1, 0.15) is 12.0 Å². The van der Waals surface area contributed by atoms with Gasteiger partial charge in [0.2, 0.25) is 5.88 Å². The fourth-order valence-corrected chi connectivity index (χ4v) is 1.35. The van der Waals surface area contributed by atoms with Crippen LogP contribution < -0.4 is 4.74 Å². The fraction of sp³-hybridized carbons (Fsp3) is 0.500. The number of nitrogens with zero attached hydrogens (tertiary/aromatic N) is 1. The van der Waals surface area contributed by atoms with E-state index in [1.165, 1.54) is 6.20 Å². The van der Waals surface area contributed by atoms with Gasteiger partial charge in [0.05, 0.1) is 19.4 Å². The Balaban J connectivity index is 2.05. The van der Waals surface area contributed by atoms with Crippen molar-refractivity contribution in [3.8, 4) is 5.88 Å². The molecule has 1 unspecified atom stereocenters. The van der Waals surface area contributed by atoms with Crippen LogP contribution in [-0.4, -0.2) is 24.3 Å². The molecule has 0 radical (unpaired) electrons. The summed E-state index contributed by atoms with van der Waals surface area (Å²) in [5.41, 5.74) is 0.550. The van der Waals surface area contributed by atoms with E-state index >= 15 is 0 Å². The molecule has 1 aliphatic rings. The first-order valence-electron chi connectivity index (χ1n) is 4.62. The highest BCUT2D eigenvalue weighted by Crippen LogP contribution is 2.16. The molecule has 1 fully saturated rings. The third-order valence-corrected chi connectivity index (χ3v) is 2.20. The summed E-state index contributed by atoms with van der Waals surface area (Å²) in [5.74, 6) is 0.166. The molecule has 0 bridgehead atoms. The van der Waals surface area contributed by atoms with Crippen molar-refractivity contribution in [2.24, 2.45) is 0 Å². The highest BCUT2D eigenvalue weighted by molar-refractivity contribution is 5.20. The molecule has 0 aromatic carbocycles. The molecule has 3 nitrogen and oxygen atoms in total. The van der Waals surface area contributed by atoms with Crippen molar-refractivity contribution in [3.63, 3.8) is 0 Å². The molecule has 1 aliphatic heterocycles. The maximum Gasteiger partial charge on any atom is 0.213 e. The van der Waals surface area contributed by atoms with Gasteiger partial charge in [0.15, 0.2) is 0 Å². The van der Waals surface area contributed by atoms with Gasteiger partial charge in [-0.25, -0.2) is 9.37 Å². The van der Waals surface area contributed by atoms with Crippen LogP contribution in [-0.2, 0) is 4.74 Å². The lowest BCUT2D eigenvalue weighted by Crippen LogP contribution is -2.16. The summed E-state index contributed by atoms with van der Waals surface area (Å²) in [4.78, 5) is 3.85. The lowest BCUT2D eigenvalue weighted by Gasteiger charge is -2.10. The first-order chi connectivity index (χ1) is 6.75. The lowest BCUT2D eigenvalue weighted by molar-refractivity contribution is 0.138. The van der Waals surface area contributed by atoms with E-state index in [1.807, 2.05) is 0 Å². The van der Waals surface area contributed by atoms with Gasteiger partial charge in [-0.05, 0) is 12.5 Å². The second-order valence-corrected chi connectivity index (χ2v) is 3.38. The minimum atomic E-state index is -0.306. The van der Waals surface area contributed by atoms with Gasteiger partial charge in [0.25, 0.3) is 0 Å². The summed E-state index contributed by atoms with van der Waals surface area (Å²) in [5, 5.41) is 0. The Morgan fingerprint density at radius 1 is 1.64 bits per heavy atom. The van der Waals surface area contributed by atoms with Gasteiger partial charge < -0.3 is 9.47 Å². The molecule has 1 aromatic rings. The minimum absolute atomic E-state index is 0.0624. The van der Waals surface area contributed by atoms with Crippen LogP contribution in [0.5, 0.6) is 5.88 Å². The summed E-state index contributed by atoms with van der Waals surface area (Å²) >= 11 is 0. The standard InChI is InChI=1S/C10H12FNO2/c1-7-4-10(12-5-9(7)11)14-8-2-3-13-6-8/h4-5,8H,2-3,6H2,1H3. The van der Waals surface area contributed by atoms with Crippen LogP contribution in [0.3, 0.4) is 0 Å². The van der Waals surface area contributed by atoms with Crippen LogP contribution in [0.15, 0.2) is 12.3 Å². The Morgan fingerprint density at radius 2 is 2.50 bits per heavy atom. The van der Waals surface area contributed by atoms with Gasteiger partial charge in [-0.1, -0.05) is 0 Å². The number of pyridine rings is 1. The first kappa shape index (κ1) is 9.40. The molecule has 2 heterocycles. The molecule has 0 N–H and O–H groups in total. The van der Waals surface area contributed by atoms with Crippen LogP contribution in [0.25, 0.3) is 0 Å². The molecule has 1 atom stereocenters. The van der Waals surface area contributed by atoms with E-state index in [1.54, 1.807) is 13.0 Å². The SMILES string of the molecule is Cc1cc(OC2CCOC2)ncc1F. The molecular formula is C10H12FNO2. The van der Waals surface area contributed by atoms with Crippen LogP contribution in [0, 0.1) is 12.7 Å². The van der Waals surface area contributed by atoms with E-state index < -0.39 is 0 Å². The van der Waals surface area contributed by atoms with Crippen molar-refractivity contribution in [3.05, 3.63) is 23.6 Å². The molecule has 0 amide bonds. The summed E-state index contributed by atoms with van der Waals surface area (Å²) < 4.78 is 23.5. The van der Waals surface area contributed by atoms with Crippen molar-refractivity contribution >= 4 is 0 Å². The normalized spacial score (nSPS) is 21.1. The Bertz CT molecular complexity index is 324. The van der Waals surface area contributed by atoms with Crippen molar-refractivity contribution in [2.45, 2.75) is 19.4 Å². The van der Waals surface area contributed by atoms with Gasteiger partial charge in [0.1, 0.15) is 11.9 Å². The number of rotatable bonds is 2. The molecule has 0 aliphatic carbocycles. The number of halogens is 1. The van der Waals surface area contributed by atoms with Gasteiger partial charge in [0, 0.05) is 12.5 Å². The number of aromatic nitrogens is 1. The quantitative estimate of drug-likeness (QED) is 0.723. The van der Waals surface area contributed by atoms with E-state index in [0.717, 1.165) is 13.0 Å². The lowest BCUT2D eigenvalue weighted by atomic mass is 10.3. The van der Waals surface area contributed by atoms with Crippen LogP contribution in [0.4, 0.5) is 4.39 Å². The molecule has 1 aromatic heterocycles. The average molecular weight is 197 g/mol. The predicted molar refractivity (Wildman–Crippen MR) is 48.8 cm³/mol. The van der Waals surface area contributed by atoms with Gasteiger partial charge >= 0.3 is 0 Å². The van der Waals surface area contributed by atoms with E-state index in [4.69, 9.17) is 9.47 Å². The molecule has 76 valence electrons. The van der Waals surface area contributed by atoms with E-state index in [2.05, 4.69) is 4.98 Å². The maximum absolute atomic E-state index is 12.9. The van der Waals surface area contributed by atoms with Crippen LogP contribution in [0.2, 0.25) is 0 Å². The van der Waals surface area contributed by atoms with Gasteiger partial charge in [-0.3, -0.25) is 0 Å². The zero-order valence-electron chi connectivity index (χ0n) is 8.00. The number of ether oxygens (including phenoxy) is 2. The van der Waals surface area contributed by atoms with Gasteiger partial charge in [-0.15, -0.1) is 0 Å². The van der Waals surface area contributed by atoms with Crippen molar-refractivity contribution in [1.82, 2.24) is 4.98 Å². The Hall–Kier alpha value is -1.16. The maximum atomic E-state index is 12.9. The third kappa shape index (κ3) is 2.01. The number of aryl methyl sites for hydroxylation is 1. The molecular weight excluding hydrogens is 185 g/mol. The topological polar surface area (TPSA) is 31.4 Å². The summed E-state index contributed by atoms with van der Waals surface area (Å²) in [6.45, 7) is 3.01. The average Bonchev–Trinajstić information content (AvgIpc) is 2.64. The molecule has 0 spiro atoms. The first-order valence-corrected chi connectivity index (χ1v) is 4.62. The summed E-state index contributed by atoms with van der Waals surface area (Å²) in [7, 11) is 0. The third-order valence-electron chi connectivity index (χ3n) is 2.20. The summed E-state index contributed by atoms with van der Waals surface area (Å²) in [6, 6.07) is 1.60. The largest absolute Gasteiger partial charge is 0.472 e. The Kier molecular flexibility index (Phi) is 2.63. The Labute approximate surface area is 81.9 Å². The van der Waals surface area contributed by atoms with E-state index in [9.17, 15) is 4.39 Å². The second-order valence-electron chi connectivity index (χ2n) is 3.38. The van der Waals surface area contributed by atoms with Crippen LogP contribution >= 0.6 is 0 Å². The molecule has 2 rings (SSSR count). The number of hydrogen-bond acceptors (Lipinski definition) is 3. The van der Waals surface area contributed by atoms with E-state index in [0.29, 0.717) is 18.1 Å². The smallest absolute Gasteiger partial charge is 0.213 e. The summed E-state index contributed by atoms with van der Waals surface area (Å²) in [6.07, 6.45) is 2.12. The predicted octanol–water partition coefficient (Wildman–Crippen LogP) is 1.70. The molecule has 0 saturated carbocycles.